The van der Waals surface area contributed by atoms with Gasteiger partial charge in [-0.25, -0.2) is 0 Å². The molecule has 0 bridgehead atoms. The lowest BCUT2D eigenvalue weighted by Crippen LogP contribution is -2.25. The standard InChI is InChI=1S/C18H22N2O2/c21-18(20-10-8-17-2-1-11-22-17)16-5-3-14(4-6-16)12-15-7-9-19-13-15/h1-6,11,15,19H,7-10,12-13H2,(H,20,21). The summed E-state index contributed by atoms with van der Waals surface area (Å²) in [5.41, 5.74) is 2.02. The molecule has 116 valence electrons. The van der Waals surface area contributed by atoms with Crippen LogP contribution in [-0.2, 0) is 12.8 Å². The highest BCUT2D eigenvalue weighted by atomic mass is 16.3. The fourth-order valence-corrected chi connectivity index (χ4v) is 2.87. The number of hydrogen-bond donors (Lipinski definition) is 2. The van der Waals surface area contributed by atoms with Gasteiger partial charge in [-0.3, -0.25) is 4.79 Å². The van der Waals surface area contributed by atoms with E-state index in [0.29, 0.717) is 18.5 Å². The molecule has 1 aliphatic rings. The fraction of sp³-hybridized carbons (Fsp3) is 0.389. The second-order valence-corrected chi connectivity index (χ2v) is 5.85. The zero-order chi connectivity index (χ0) is 15.2. The molecule has 1 aromatic carbocycles. The van der Waals surface area contributed by atoms with Gasteiger partial charge < -0.3 is 15.1 Å². The third-order valence-corrected chi connectivity index (χ3v) is 4.14. The van der Waals surface area contributed by atoms with Crippen molar-refractivity contribution < 1.29 is 9.21 Å². The molecular formula is C18H22N2O2. The normalized spacial score (nSPS) is 17.5. The van der Waals surface area contributed by atoms with Crippen molar-refractivity contribution >= 4 is 5.91 Å². The van der Waals surface area contributed by atoms with E-state index in [1.165, 1.54) is 12.0 Å². The van der Waals surface area contributed by atoms with Gasteiger partial charge in [-0.1, -0.05) is 12.1 Å². The number of carbonyl (C=O) groups is 1. The van der Waals surface area contributed by atoms with E-state index in [1.54, 1.807) is 6.26 Å². The van der Waals surface area contributed by atoms with Crippen molar-refractivity contribution in [2.75, 3.05) is 19.6 Å². The predicted octanol–water partition coefficient (Wildman–Crippen LogP) is 2.40. The minimum absolute atomic E-state index is 0.0272. The van der Waals surface area contributed by atoms with Crippen LogP contribution < -0.4 is 10.6 Å². The van der Waals surface area contributed by atoms with Gasteiger partial charge in [0.2, 0.25) is 0 Å². The van der Waals surface area contributed by atoms with Gasteiger partial charge in [0.1, 0.15) is 5.76 Å². The molecule has 2 heterocycles. The Morgan fingerprint density at radius 3 is 2.82 bits per heavy atom. The summed E-state index contributed by atoms with van der Waals surface area (Å²) in [4.78, 5) is 12.1. The molecule has 4 nitrogen and oxygen atoms in total. The van der Waals surface area contributed by atoms with Crippen LogP contribution in [0.3, 0.4) is 0 Å². The Balaban J connectivity index is 1.47. The first-order chi connectivity index (χ1) is 10.8. The predicted molar refractivity (Wildman–Crippen MR) is 85.9 cm³/mol. The van der Waals surface area contributed by atoms with Crippen LogP contribution >= 0.6 is 0 Å². The van der Waals surface area contributed by atoms with Gasteiger partial charge in [0.25, 0.3) is 5.91 Å². The van der Waals surface area contributed by atoms with Crippen LogP contribution in [0, 0.1) is 5.92 Å². The molecule has 1 unspecified atom stereocenters. The van der Waals surface area contributed by atoms with Crippen LogP contribution in [0.2, 0.25) is 0 Å². The SMILES string of the molecule is O=C(NCCc1ccco1)c1ccc(CC2CCNC2)cc1. The van der Waals surface area contributed by atoms with Crippen molar-refractivity contribution in [3.63, 3.8) is 0 Å². The average molecular weight is 298 g/mol. The quantitative estimate of drug-likeness (QED) is 0.861. The number of rotatable bonds is 6. The van der Waals surface area contributed by atoms with E-state index in [4.69, 9.17) is 4.42 Å². The summed E-state index contributed by atoms with van der Waals surface area (Å²) in [6, 6.07) is 11.7. The molecule has 1 atom stereocenters. The van der Waals surface area contributed by atoms with E-state index in [9.17, 15) is 4.79 Å². The van der Waals surface area contributed by atoms with Gasteiger partial charge in [-0.05, 0) is 61.7 Å². The van der Waals surface area contributed by atoms with Crippen molar-refractivity contribution in [2.45, 2.75) is 19.3 Å². The third kappa shape index (κ3) is 3.98. The summed E-state index contributed by atoms with van der Waals surface area (Å²) >= 11 is 0. The Labute approximate surface area is 130 Å². The van der Waals surface area contributed by atoms with E-state index in [2.05, 4.69) is 22.8 Å². The number of nitrogens with one attached hydrogen (secondary N) is 2. The molecule has 4 heteroatoms. The molecule has 2 aromatic rings. The molecule has 1 amide bonds. The first-order valence-electron chi connectivity index (χ1n) is 7.91. The lowest BCUT2D eigenvalue weighted by atomic mass is 9.98. The number of benzene rings is 1. The molecule has 1 saturated heterocycles. The van der Waals surface area contributed by atoms with Gasteiger partial charge in [0.05, 0.1) is 6.26 Å². The molecule has 1 aliphatic heterocycles. The Morgan fingerprint density at radius 2 is 2.14 bits per heavy atom. The van der Waals surface area contributed by atoms with Crippen molar-refractivity contribution in [3.8, 4) is 0 Å². The summed E-state index contributed by atoms with van der Waals surface area (Å²) in [6.45, 7) is 2.82. The van der Waals surface area contributed by atoms with E-state index in [-0.39, 0.29) is 5.91 Å². The maximum Gasteiger partial charge on any atom is 0.251 e. The second-order valence-electron chi connectivity index (χ2n) is 5.85. The van der Waals surface area contributed by atoms with E-state index in [0.717, 1.165) is 31.2 Å². The number of furan rings is 1. The van der Waals surface area contributed by atoms with Crippen molar-refractivity contribution in [1.82, 2.24) is 10.6 Å². The number of amides is 1. The molecule has 0 aliphatic carbocycles. The average Bonchev–Trinajstić information content (AvgIpc) is 3.21. The molecule has 22 heavy (non-hydrogen) atoms. The number of hydrogen-bond acceptors (Lipinski definition) is 3. The van der Waals surface area contributed by atoms with Crippen LogP contribution in [0.4, 0.5) is 0 Å². The maximum atomic E-state index is 12.1. The van der Waals surface area contributed by atoms with Crippen LogP contribution in [0.5, 0.6) is 0 Å². The molecule has 1 fully saturated rings. The largest absolute Gasteiger partial charge is 0.469 e. The third-order valence-electron chi connectivity index (χ3n) is 4.14. The van der Waals surface area contributed by atoms with Crippen LogP contribution in [-0.4, -0.2) is 25.5 Å². The fourth-order valence-electron chi connectivity index (χ4n) is 2.87. The van der Waals surface area contributed by atoms with E-state index >= 15 is 0 Å². The van der Waals surface area contributed by atoms with Crippen molar-refractivity contribution in [1.29, 1.82) is 0 Å². The molecule has 1 aromatic heterocycles. The molecular weight excluding hydrogens is 276 g/mol. The summed E-state index contributed by atoms with van der Waals surface area (Å²) in [5, 5.41) is 6.31. The zero-order valence-electron chi connectivity index (χ0n) is 12.7. The Bertz CT molecular complexity index is 584. The van der Waals surface area contributed by atoms with Crippen LogP contribution in [0.1, 0.15) is 28.1 Å². The zero-order valence-corrected chi connectivity index (χ0v) is 12.7. The minimum atomic E-state index is -0.0272. The molecule has 0 saturated carbocycles. The lowest BCUT2D eigenvalue weighted by molar-refractivity contribution is 0.0953. The van der Waals surface area contributed by atoms with Gasteiger partial charge in [0.15, 0.2) is 0 Å². The topological polar surface area (TPSA) is 54.3 Å². The summed E-state index contributed by atoms with van der Waals surface area (Å²) in [5.74, 6) is 1.59. The Morgan fingerprint density at radius 1 is 1.27 bits per heavy atom. The highest BCUT2D eigenvalue weighted by Gasteiger charge is 2.15. The first-order valence-corrected chi connectivity index (χ1v) is 7.91. The monoisotopic (exact) mass is 298 g/mol. The van der Waals surface area contributed by atoms with Crippen LogP contribution in [0.25, 0.3) is 0 Å². The highest BCUT2D eigenvalue weighted by molar-refractivity contribution is 5.94. The van der Waals surface area contributed by atoms with Gasteiger partial charge in [-0.15, -0.1) is 0 Å². The molecule has 2 N–H and O–H groups in total. The molecule has 0 radical (unpaired) electrons. The number of carbonyl (C=O) groups excluding carboxylic acids is 1. The maximum absolute atomic E-state index is 12.1. The van der Waals surface area contributed by atoms with Crippen LogP contribution in [0.15, 0.2) is 47.1 Å². The van der Waals surface area contributed by atoms with Crippen molar-refractivity contribution in [2.24, 2.45) is 5.92 Å². The van der Waals surface area contributed by atoms with E-state index in [1.807, 2.05) is 24.3 Å². The molecule has 3 rings (SSSR count). The van der Waals surface area contributed by atoms with Gasteiger partial charge in [0, 0.05) is 18.5 Å². The van der Waals surface area contributed by atoms with Crippen molar-refractivity contribution in [3.05, 3.63) is 59.5 Å². The summed E-state index contributed by atoms with van der Waals surface area (Å²) < 4.78 is 5.24. The second kappa shape index (κ2) is 7.27. The Kier molecular flexibility index (Phi) is 4.91. The molecule has 0 spiro atoms. The first kappa shape index (κ1) is 14.9. The Hall–Kier alpha value is -2.07. The van der Waals surface area contributed by atoms with Gasteiger partial charge >= 0.3 is 0 Å². The van der Waals surface area contributed by atoms with Gasteiger partial charge in [-0.2, -0.15) is 0 Å². The smallest absolute Gasteiger partial charge is 0.251 e. The van der Waals surface area contributed by atoms with E-state index < -0.39 is 0 Å². The summed E-state index contributed by atoms with van der Waals surface area (Å²) in [7, 11) is 0. The lowest BCUT2D eigenvalue weighted by Gasteiger charge is -2.09. The minimum Gasteiger partial charge on any atom is -0.469 e. The highest BCUT2D eigenvalue weighted by Crippen LogP contribution is 2.15. The summed E-state index contributed by atoms with van der Waals surface area (Å²) in [6.07, 6.45) is 4.70.